The van der Waals surface area contributed by atoms with Crippen molar-refractivity contribution in [3.63, 3.8) is 0 Å². The number of carbonyl (C=O) groups is 1. The van der Waals surface area contributed by atoms with E-state index in [1.165, 1.54) is 18.2 Å². The summed E-state index contributed by atoms with van der Waals surface area (Å²) < 4.78 is 27.7. The minimum atomic E-state index is -3.59. The summed E-state index contributed by atoms with van der Waals surface area (Å²) in [6.07, 6.45) is 1.45. The van der Waals surface area contributed by atoms with E-state index in [-0.39, 0.29) is 6.54 Å². The van der Waals surface area contributed by atoms with Gasteiger partial charge in [-0.1, -0.05) is 13.8 Å². The maximum Gasteiger partial charge on any atom is 0.310 e. The molecule has 6 nitrogen and oxygen atoms in total. The zero-order chi connectivity index (χ0) is 14.4. The van der Waals surface area contributed by atoms with Crippen LogP contribution in [0.1, 0.15) is 40.5 Å². The van der Waals surface area contributed by atoms with Crippen molar-refractivity contribution in [1.29, 1.82) is 0 Å². The van der Waals surface area contributed by atoms with Crippen LogP contribution in [0, 0.1) is 5.41 Å². The molecular formula is C11H24N2O4S. The highest BCUT2D eigenvalue weighted by molar-refractivity contribution is 7.87. The molecule has 0 aromatic rings. The summed E-state index contributed by atoms with van der Waals surface area (Å²) in [7, 11) is -3.59. The lowest BCUT2D eigenvalue weighted by atomic mass is 9.95. The van der Waals surface area contributed by atoms with Crippen LogP contribution < -0.4 is 4.72 Å². The molecule has 0 aromatic heterocycles. The summed E-state index contributed by atoms with van der Waals surface area (Å²) >= 11 is 0. The quantitative estimate of drug-likeness (QED) is 0.661. The highest BCUT2D eigenvalue weighted by Crippen LogP contribution is 2.14. The van der Waals surface area contributed by atoms with Gasteiger partial charge in [0.1, 0.15) is 0 Å². The molecule has 0 fully saturated rings. The molecule has 0 rings (SSSR count). The maximum atomic E-state index is 12.0. The van der Waals surface area contributed by atoms with Crippen molar-refractivity contribution in [3.8, 4) is 0 Å². The zero-order valence-corrected chi connectivity index (χ0v) is 12.4. The van der Waals surface area contributed by atoms with Crippen molar-refractivity contribution in [1.82, 2.24) is 9.03 Å². The Morgan fingerprint density at radius 3 is 2.00 bits per heavy atom. The van der Waals surface area contributed by atoms with Gasteiger partial charge in [0.05, 0.1) is 5.41 Å². The first-order valence-corrected chi connectivity index (χ1v) is 7.59. The monoisotopic (exact) mass is 280 g/mol. The fraction of sp³-hybridized carbons (Fsp3) is 0.909. The first-order chi connectivity index (χ1) is 8.17. The van der Waals surface area contributed by atoms with Crippen molar-refractivity contribution in [2.45, 2.75) is 40.5 Å². The molecular weight excluding hydrogens is 256 g/mol. The Labute approximate surface area is 110 Å². The van der Waals surface area contributed by atoms with Gasteiger partial charge in [0.15, 0.2) is 0 Å². The molecule has 0 aliphatic heterocycles. The van der Waals surface area contributed by atoms with Crippen LogP contribution in [0.4, 0.5) is 0 Å². The lowest BCUT2D eigenvalue weighted by molar-refractivity contribution is -0.146. The Morgan fingerprint density at radius 2 is 1.67 bits per heavy atom. The van der Waals surface area contributed by atoms with E-state index >= 15 is 0 Å². The topological polar surface area (TPSA) is 86.7 Å². The molecule has 108 valence electrons. The van der Waals surface area contributed by atoms with Crippen molar-refractivity contribution >= 4 is 16.2 Å². The molecule has 0 spiro atoms. The van der Waals surface area contributed by atoms with Gasteiger partial charge in [-0.2, -0.15) is 12.7 Å². The van der Waals surface area contributed by atoms with Crippen LogP contribution in [0.25, 0.3) is 0 Å². The van der Waals surface area contributed by atoms with Gasteiger partial charge < -0.3 is 5.11 Å². The standard InChI is InChI=1S/C11H24N2O4S/c1-5-7-13(8-6-2)18(16,17)12-9-11(3,4)10(14)15/h12H,5-9H2,1-4H3,(H,14,15). The summed E-state index contributed by atoms with van der Waals surface area (Å²) in [5.74, 6) is -1.03. The van der Waals surface area contributed by atoms with E-state index in [1.807, 2.05) is 13.8 Å². The number of carboxylic acids is 1. The van der Waals surface area contributed by atoms with E-state index in [0.29, 0.717) is 13.1 Å². The van der Waals surface area contributed by atoms with Crippen LogP contribution in [0.2, 0.25) is 0 Å². The Morgan fingerprint density at radius 1 is 1.22 bits per heavy atom. The number of hydrogen-bond acceptors (Lipinski definition) is 3. The number of hydrogen-bond donors (Lipinski definition) is 2. The predicted octanol–water partition coefficient (Wildman–Crippen LogP) is 1.05. The molecule has 0 heterocycles. The molecule has 0 aliphatic carbocycles. The van der Waals surface area contributed by atoms with Crippen molar-refractivity contribution in [3.05, 3.63) is 0 Å². The SMILES string of the molecule is CCCN(CCC)S(=O)(=O)NCC(C)(C)C(=O)O. The van der Waals surface area contributed by atoms with Crippen LogP contribution >= 0.6 is 0 Å². The van der Waals surface area contributed by atoms with E-state index in [9.17, 15) is 13.2 Å². The normalized spacial score (nSPS) is 12.9. The van der Waals surface area contributed by atoms with Crippen molar-refractivity contribution in [2.75, 3.05) is 19.6 Å². The minimum Gasteiger partial charge on any atom is -0.481 e. The van der Waals surface area contributed by atoms with E-state index in [4.69, 9.17) is 5.11 Å². The van der Waals surface area contributed by atoms with Gasteiger partial charge in [-0.3, -0.25) is 4.79 Å². The van der Waals surface area contributed by atoms with E-state index in [1.54, 1.807) is 0 Å². The van der Waals surface area contributed by atoms with Crippen LogP contribution in [-0.4, -0.2) is 43.4 Å². The molecule has 0 bridgehead atoms. The second kappa shape index (κ2) is 7.06. The first kappa shape index (κ1) is 17.3. The molecule has 18 heavy (non-hydrogen) atoms. The average Bonchev–Trinajstić information content (AvgIpc) is 2.26. The largest absolute Gasteiger partial charge is 0.481 e. The van der Waals surface area contributed by atoms with E-state index < -0.39 is 21.6 Å². The maximum absolute atomic E-state index is 12.0. The zero-order valence-electron chi connectivity index (χ0n) is 11.6. The Hall–Kier alpha value is -0.660. The molecule has 0 aromatic carbocycles. The third-order valence-corrected chi connectivity index (χ3v) is 4.12. The second-order valence-electron chi connectivity index (χ2n) is 4.91. The smallest absolute Gasteiger partial charge is 0.310 e. The lowest BCUT2D eigenvalue weighted by Crippen LogP contribution is -2.46. The number of carboxylic acid groups (broad SMARTS) is 1. The van der Waals surface area contributed by atoms with Gasteiger partial charge in [0.25, 0.3) is 10.2 Å². The lowest BCUT2D eigenvalue weighted by Gasteiger charge is -2.25. The summed E-state index contributed by atoms with van der Waals surface area (Å²) in [6, 6.07) is 0. The molecule has 2 N–H and O–H groups in total. The molecule has 0 unspecified atom stereocenters. The fourth-order valence-electron chi connectivity index (χ4n) is 1.29. The van der Waals surface area contributed by atoms with Crippen LogP contribution in [-0.2, 0) is 15.0 Å². The van der Waals surface area contributed by atoms with Gasteiger partial charge >= 0.3 is 5.97 Å². The number of rotatable bonds is 9. The van der Waals surface area contributed by atoms with Gasteiger partial charge in [0, 0.05) is 19.6 Å². The number of nitrogens with one attached hydrogen (secondary N) is 1. The van der Waals surface area contributed by atoms with Gasteiger partial charge in [-0.25, -0.2) is 4.72 Å². The van der Waals surface area contributed by atoms with Crippen LogP contribution in [0.5, 0.6) is 0 Å². The van der Waals surface area contributed by atoms with Gasteiger partial charge in [-0.05, 0) is 26.7 Å². The Kier molecular flexibility index (Phi) is 6.80. The van der Waals surface area contributed by atoms with Crippen molar-refractivity contribution in [2.24, 2.45) is 5.41 Å². The molecule has 0 atom stereocenters. The highest BCUT2D eigenvalue weighted by Gasteiger charge is 2.30. The number of nitrogens with zero attached hydrogens (tertiary/aromatic N) is 1. The van der Waals surface area contributed by atoms with Crippen LogP contribution in [0.15, 0.2) is 0 Å². The van der Waals surface area contributed by atoms with E-state index in [2.05, 4.69) is 4.72 Å². The first-order valence-electron chi connectivity index (χ1n) is 6.15. The second-order valence-corrected chi connectivity index (χ2v) is 6.67. The van der Waals surface area contributed by atoms with Crippen molar-refractivity contribution < 1.29 is 18.3 Å². The predicted molar refractivity (Wildman–Crippen MR) is 70.5 cm³/mol. The average molecular weight is 280 g/mol. The summed E-state index contributed by atoms with van der Waals surface area (Å²) in [5.41, 5.74) is -1.11. The molecule has 0 radical (unpaired) electrons. The summed E-state index contributed by atoms with van der Waals surface area (Å²) in [6.45, 7) is 7.55. The molecule has 0 saturated carbocycles. The van der Waals surface area contributed by atoms with E-state index in [0.717, 1.165) is 12.8 Å². The molecule has 0 aliphatic rings. The minimum absolute atomic E-state index is 0.116. The highest BCUT2D eigenvalue weighted by atomic mass is 32.2. The molecule has 0 amide bonds. The Balaban J connectivity index is 4.68. The number of aliphatic carboxylic acids is 1. The molecule has 0 saturated heterocycles. The summed E-state index contributed by atoms with van der Waals surface area (Å²) in [4.78, 5) is 10.9. The molecule has 7 heteroatoms. The van der Waals surface area contributed by atoms with Gasteiger partial charge in [-0.15, -0.1) is 0 Å². The third-order valence-electron chi connectivity index (χ3n) is 2.56. The summed E-state index contributed by atoms with van der Waals surface area (Å²) in [5, 5.41) is 8.94. The van der Waals surface area contributed by atoms with Gasteiger partial charge in [0.2, 0.25) is 0 Å². The Bertz CT molecular complexity index is 359. The third kappa shape index (κ3) is 5.32. The fourth-order valence-corrected chi connectivity index (χ4v) is 2.86. The van der Waals surface area contributed by atoms with Crippen LogP contribution in [0.3, 0.4) is 0 Å².